The standard InChI is InChI=1S/2C9H7NO2.2K/c2*11-9(12)8-5-6-3-1-2-4-7(6)10-8;;/h2*1-5,10H,(H,11,12);;/q;;2*+1/p-2. The largest absolute Gasteiger partial charge is 1.00 e. The number of aromatic nitrogens is 2. The Morgan fingerprint density at radius 1 is 0.654 bits per heavy atom. The summed E-state index contributed by atoms with van der Waals surface area (Å²) in [5.74, 6) is -2.35. The molecule has 0 fully saturated rings. The van der Waals surface area contributed by atoms with E-state index in [1.807, 2.05) is 48.5 Å². The zero-order valence-corrected chi connectivity index (χ0v) is 20.7. The topological polar surface area (TPSA) is 112 Å². The molecule has 120 valence electrons. The molecule has 2 aromatic heterocycles. The van der Waals surface area contributed by atoms with Crippen molar-refractivity contribution in [3.63, 3.8) is 0 Å². The second-order valence-electron chi connectivity index (χ2n) is 5.12. The molecule has 0 aliphatic rings. The number of carboxylic acid groups (broad SMARTS) is 2. The molecule has 0 aliphatic heterocycles. The number of benzene rings is 2. The Labute approximate surface area is 234 Å². The number of hydrogen-bond acceptors (Lipinski definition) is 4. The van der Waals surface area contributed by atoms with Crippen LogP contribution in [-0.4, -0.2) is 21.9 Å². The Hall–Kier alpha value is -0.267. The van der Waals surface area contributed by atoms with Crippen molar-refractivity contribution in [1.29, 1.82) is 0 Å². The van der Waals surface area contributed by atoms with Gasteiger partial charge >= 0.3 is 103 Å². The first-order chi connectivity index (χ1) is 11.5. The number of rotatable bonds is 2. The summed E-state index contributed by atoms with van der Waals surface area (Å²) in [6, 6.07) is 17.9. The maximum Gasteiger partial charge on any atom is 1.00 e. The molecule has 0 radical (unpaired) electrons. The molecule has 2 heterocycles. The Kier molecular flexibility index (Phi) is 9.98. The fourth-order valence-electron chi connectivity index (χ4n) is 2.37. The molecule has 2 aromatic carbocycles. The first-order valence-electron chi connectivity index (χ1n) is 7.13. The second kappa shape index (κ2) is 10.9. The van der Waals surface area contributed by atoms with Gasteiger partial charge < -0.3 is 29.8 Å². The number of carboxylic acids is 2. The SMILES string of the molecule is O=C([O-])c1cc2ccccc2[nH]1.O=C([O-])c1cc2ccccc2[nH]1.[K+].[K+]. The van der Waals surface area contributed by atoms with Crippen LogP contribution in [0.2, 0.25) is 0 Å². The van der Waals surface area contributed by atoms with Crippen molar-refractivity contribution in [3.05, 3.63) is 72.1 Å². The Morgan fingerprint density at radius 2 is 1.00 bits per heavy atom. The minimum Gasteiger partial charge on any atom is -0.543 e. The Morgan fingerprint density at radius 3 is 1.31 bits per heavy atom. The van der Waals surface area contributed by atoms with Gasteiger partial charge in [0.1, 0.15) is 0 Å². The summed E-state index contributed by atoms with van der Waals surface area (Å²) in [5, 5.41) is 22.6. The van der Waals surface area contributed by atoms with E-state index in [2.05, 4.69) is 9.97 Å². The van der Waals surface area contributed by atoms with Crippen LogP contribution in [0.5, 0.6) is 0 Å². The number of para-hydroxylation sites is 2. The summed E-state index contributed by atoms with van der Waals surface area (Å²) >= 11 is 0. The molecule has 0 saturated carbocycles. The van der Waals surface area contributed by atoms with Crippen LogP contribution in [0.1, 0.15) is 21.0 Å². The zero-order chi connectivity index (χ0) is 17.1. The van der Waals surface area contributed by atoms with E-state index in [0.29, 0.717) is 0 Å². The molecule has 0 unspecified atom stereocenters. The monoisotopic (exact) mass is 398 g/mol. The minimum absolute atomic E-state index is 0. The normalized spacial score (nSPS) is 9.54. The first kappa shape index (κ1) is 23.8. The predicted molar refractivity (Wildman–Crippen MR) is 85.3 cm³/mol. The summed E-state index contributed by atoms with van der Waals surface area (Å²) in [6.45, 7) is 0. The van der Waals surface area contributed by atoms with Crippen LogP contribution < -0.4 is 113 Å². The van der Waals surface area contributed by atoms with Gasteiger partial charge in [0, 0.05) is 21.8 Å². The van der Waals surface area contributed by atoms with Crippen molar-refractivity contribution in [3.8, 4) is 0 Å². The van der Waals surface area contributed by atoms with Crippen molar-refractivity contribution in [2.75, 3.05) is 0 Å². The van der Waals surface area contributed by atoms with Crippen molar-refractivity contribution < 1.29 is 123 Å². The molecule has 4 rings (SSSR count). The van der Waals surface area contributed by atoms with E-state index in [0.717, 1.165) is 21.8 Å². The van der Waals surface area contributed by atoms with E-state index in [9.17, 15) is 19.8 Å². The van der Waals surface area contributed by atoms with Crippen molar-refractivity contribution in [2.24, 2.45) is 0 Å². The van der Waals surface area contributed by atoms with Crippen LogP contribution >= 0.6 is 0 Å². The molecule has 2 N–H and O–H groups in total. The van der Waals surface area contributed by atoms with E-state index in [1.54, 1.807) is 12.1 Å². The molecule has 0 atom stereocenters. The third-order valence-electron chi connectivity index (χ3n) is 3.50. The van der Waals surface area contributed by atoms with Gasteiger partial charge in [0.15, 0.2) is 0 Å². The first-order valence-corrected chi connectivity index (χ1v) is 7.13. The smallest absolute Gasteiger partial charge is 0.543 e. The fourth-order valence-corrected chi connectivity index (χ4v) is 2.37. The number of nitrogens with one attached hydrogen (secondary N) is 2. The van der Waals surface area contributed by atoms with Gasteiger partial charge in [-0.05, 0) is 24.3 Å². The van der Waals surface area contributed by atoms with Crippen LogP contribution in [0.3, 0.4) is 0 Å². The van der Waals surface area contributed by atoms with Crippen molar-refractivity contribution in [2.45, 2.75) is 0 Å². The van der Waals surface area contributed by atoms with Crippen LogP contribution in [0.15, 0.2) is 60.7 Å². The van der Waals surface area contributed by atoms with E-state index in [4.69, 9.17) is 0 Å². The van der Waals surface area contributed by atoms with Crippen LogP contribution in [0.25, 0.3) is 21.8 Å². The van der Waals surface area contributed by atoms with Gasteiger partial charge in [-0.1, -0.05) is 36.4 Å². The van der Waals surface area contributed by atoms with Gasteiger partial charge in [0.2, 0.25) is 0 Å². The molecular formula is C18H12K2N2O4. The van der Waals surface area contributed by atoms with E-state index >= 15 is 0 Å². The molecule has 8 heteroatoms. The molecule has 26 heavy (non-hydrogen) atoms. The van der Waals surface area contributed by atoms with E-state index < -0.39 is 11.9 Å². The molecule has 0 spiro atoms. The number of fused-ring (bicyclic) bond motifs is 2. The Bertz CT molecular complexity index is 890. The molecule has 0 amide bonds. The number of hydrogen-bond donors (Lipinski definition) is 2. The third-order valence-corrected chi connectivity index (χ3v) is 3.50. The molecule has 0 saturated heterocycles. The van der Waals surface area contributed by atoms with Crippen molar-refractivity contribution >= 4 is 33.7 Å². The van der Waals surface area contributed by atoms with Gasteiger partial charge in [-0.2, -0.15) is 0 Å². The van der Waals surface area contributed by atoms with Gasteiger partial charge in [-0.25, -0.2) is 0 Å². The maximum absolute atomic E-state index is 10.4. The maximum atomic E-state index is 10.4. The van der Waals surface area contributed by atoms with E-state index in [1.165, 1.54) is 0 Å². The zero-order valence-electron chi connectivity index (χ0n) is 14.4. The number of aromatic amines is 2. The van der Waals surface area contributed by atoms with Crippen LogP contribution in [0, 0.1) is 0 Å². The van der Waals surface area contributed by atoms with Crippen molar-refractivity contribution in [1.82, 2.24) is 9.97 Å². The van der Waals surface area contributed by atoms with Gasteiger partial charge in [-0.3, -0.25) is 0 Å². The predicted octanol–water partition coefficient (Wildman–Crippen LogP) is -4.93. The van der Waals surface area contributed by atoms with Crippen LogP contribution in [-0.2, 0) is 0 Å². The average molecular weight is 398 g/mol. The van der Waals surface area contributed by atoms with Gasteiger partial charge in [0.05, 0.1) is 23.3 Å². The van der Waals surface area contributed by atoms with Gasteiger partial charge in [-0.15, -0.1) is 0 Å². The number of carbonyl (C=O) groups is 2. The summed E-state index contributed by atoms with van der Waals surface area (Å²) < 4.78 is 0. The Balaban J connectivity index is 0.000000241. The number of H-pyrrole nitrogens is 2. The van der Waals surface area contributed by atoms with Crippen LogP contribution in [0.4, 0.5) is 0 Å². The fraction of sp³-hybridized carbons (Fsp3) is 0. The second-order valence-corrected chi connectivity index (χ2v) is 5.12. The number of carbonyl (C=O) groups excluding carboxylic acids is 2. The summed E-state index contributed by atoms with van der Waals surface area (Å²) in [5.41, 5.74) is 1.88. The number of aromatic carboxylic acids is 2. The summed E-state index contributed by atoms with van der Waals surface area (Å²) in [6.07, 6.45) is 0. The molecule has 4 aromatic rings. The molecular weight excluding hydrogens is 386 g/mol. The third kappa shape index (κ3) is 5.86. The average Bonchev–Trinajstić information content (AvgIpc) is 3.19. The molecule has 0 bridgehead atoms. The van der Waals surface area contributed by atoms with Gasteiger partial charge in [0.25, 0.3) is 0 Å². The summed E-state index contributed by atoms with van der Waals surface area (Å²) in [4.78, 5) is 26.3. The molecule has 6 nitrogen and oxygen atoms in total. The minimum atomic E-state index is -1.17. The molecule has 0 aliphatic carbocycles. The quantitative estimate of drug-likeness (QED) is 0.330. The van der Waals surface area contributed by atoms with E-state index in [-0.39, 0.29) is 114 Å². The summed E-state index contributed by atoms with van der Waals surface area (Å²) in [7, 11) is 0.